The molecule has 0 aliphatic rings. The molecular weight excluding hydrogens is 651 g/mol. The third-order valence-corrected chi connectivity index (χ3v) is 6.41. The molecule has 0 atom stereocenters. The number of pyridine rings is 1. The van der Waals surface area contributed by atoms with Gasteiger partial charge in [-0.15, -0.1) is 17.7 Å². The molecule has 0 saturated heterocycles. The summed E-state index contributed by atoms with van der Waals surface area (Å²) >= 11 is 0. The van der Waals surface area contributed by atoms with E-state index in [9.17, 15) is 4.79 Å². The van der Waals surface area contributed by atoms with Crippen molar-refractivity contribution in [2.24, 2.45) is 0 Å². The number of furan rings is 1. The van der Waals surface area contributed by atoms with Crippen LogP contribution in [0, 0.1) is 13.0 Å². The number of rotatable bonds is 4. The van der Waals surface area contributed by atoms with Crippen LogP contribution >= 0.6 is 0 Å². The molecule has 4 nitrogen and oxygen atoms in total. The third kappa shape index (κ3) is 6.23. The van der Waals surface area contributed by atoms with Gasteiger partial charge in [-0.05, 0) is 72.3 Å². The monoisotopic (exact) mass is 685 g/mol. The molecule has 0 saturated carbocycles. The fourth-order valence-corrected chi connectivity index (χ4v) is 4.47. The summed E-state index contributed by atoms with van der Waals surface area (Å²) in [5.74, 6) is 0.797. The van der Waals surface area contributed by atoms with Gasteiger partial charge < -0.3 is 14.5 Å². The van der Waals surface area contributed by atoms with Gasteiger partial charge >= 0.3 is 0 Å². The second-order valence-electron chi connectivity index (χ2n) is 10.3. The van der Waals surface area contributed by atoms with Crippen LogP contribution in [0.3, 0.4) is 0 Å². The van der Waals surface area contributed by atoms with Crippen molar-refractivity contribution in [1.29, 1.82) is 0 Å². The Kier molecular flexibility index (Phi) is 9.30. The molecule has 0 fully saturated rings. The van der Waals surface area contributed by atoms with Crippen molar-refractivity contribution < 1.29 is 34.4 Å². The molecule has 3 aromatic carbocycles. The van der Waals surface area contributed by atoms with Crippen molar-refractivity contribution in [2.75, 3.05) is 0 Å². The van der Waals surface area contributed by atoms with Gasteiger partial charge in [0.05, 0.1) is 11.3 Å². The maximum atomic E-state index is 10.0. The molecule has 2 aromatic heterocycles. The van der Waals surface area contributed by atoms with E-state index >= 15 is 0 Å². The fraction of sp³-hybridized carbons (Fsp3) is 0.273. The van der Waals surface area contributed by atoms with Gasteiger partial charge in [0.25, 0.3) is 0 Å². The number of aliphatic hydroxyl groups excluding tert-OH is 1. The minimum absolute atomic E-state index is 0. The number of aliphatic hydroxyl groups is 1. The van der Waals surface area contributed by atoms with Crippen molar-refractivity contribution >= 4 is 38.5 Å². The number of allylic oxidation sites excluding steroid dienone is 2. The van der Waals surface area contributed by atoms with E-state index in [0.29, 0.717) is 11.8 Å². The van der Waals surface area contributed by atoms with Crippen LogP contribution in [0.1, 0.15) is 70.1 Å². The van der Waals surface area contributed by atoms with Crippen LogP contribution in [0.4, 0.5) is 0 Å². The molecule has 5 rings (SSSR count). The van der Waals surface area contributed by atoms with Crippen LogP contribution in [0.15, 0.2) is 71.0 Å². The Morgan fingerprint density at radius 2 is 1.66 bits per heavy atom. The number of aromatic nitrogens is 1. The van der Waals surface area contributed by atoms with Gasteiger partial charge in [-0.2, -0.15) is 0 Å². The zero-order chi connectivity index (χ0) is 26.9. The molecule has 1 N–H and O–H groups in total. The number of carbonyl (C=O) groups excluding carboxylic acids is 1. The first-order valence-electron chi connectivity index (χ1n) is 12.7. The van der Waals surface area contributed by atoms with Crippen LogP contribution in [0.2, 0.25) is 0 Å². The molecule has 0 bridgehead atoms. The van der Waals surface area contributed by atoms with E-state index in [0.717, 1.165) is 38.6 Å². The largest absolute Gasteiger partial charge is 0.512 e. The number of fused-ring (bicyclic) bond motifs is 4. The summed E-state index contributed by atoms with van der Waals surface area (Å²) in [6, 6.07) is 21.1. The quantitative estimate of drug-likeness (QED) is 0.117. The molecule has 0 spiro atoms. The maximum absolute atomic E-state index is 10.0. The number of hydrogen-bond donors (Lipinski definition) is 1. The van der Waals surface area contributed by atoms with Gasteiger partial charge in [-0.1, -0.05) is 69.0 Å². The average Bonchev–Trinajstić information content (AvgIpc) is 3.19. The van der Waals surface area contributed by atoms with E-state index in [1.54, 1.807) is 0 Å². The normalized spacial score (nSPS) is 11.7. The van der Waals surface area contributed by atoms with Crippen LogP contribution in [-0.4, -0.2) is 15.9 Å². The Hall–Kier alpha value is -3.27. The molecule has 0 amide bonds. The van der Waals surface area contributed by atoms with Gasteiger partial charge in [0, 0.05) is 37.8 Å². The second-order valence-corrected chi connectivity index (χ2v) is 10.3. The smallest absolute Gasteiger partial charge is 0.155 e. The van der Waals surface area contributed by atoms with Crippen LogP contribution in [0.25, 0.3) is 44.0 Å². The molecule has 5 heteroatoms. The molecule has 38 heavy (non-hydrogen) atoms. The Balaban J connectivity index is 0.000000444. The number of ketones is 1. The minimum Gasteiger partial charge on any atom is -0.512 e. The summed E-state index contributed by atoms with van der Waals surface area (Å²) in [6.07, 6.45) is 3.07. The summed E-state index contributed by atoms with van der Waals surface area (Å²) in [6.45, 7) is 13.8. The SMILES string of the molecule is CC(=O)/C=C(/C)O.Cc1ccc2c(c1)oc1c(-c3nccc4cc(C(C)C)ccc34)[c-]c(C(C)C)cc12.[Ir]. The standard InChI is InChI=1S/C28H26NO.C5H8O2.Ir/c1-16(2)19-7-9-22-20(13-19)10-11-29-27(22)25-15-21(17(3)4)14-24-23-8-6-18(5)12-26(23)30-28(24)25;1-4(6)3-5(2)7;/h6-14,16-17H,1-5H3;3,6H,1-2H3;/q-1;;/b;4-3-;. The van der Waals surface area contributed by atoms with Gasteiger partial charge in [-0.3, -0.25) is 4.79 Å². The number of nitrogens with zero attached hydrogens (tertiary/aromatic N) is 1. The van der Waals surface area contributed by atoms with Crippen LogP contribution < -0.4 is 0 Å². The van der Waals surface area contributed by atoms with Crippen molar-refractivity contribution in [3.8, 4) is 11.3 Å². The summed E-state index contributed by atoms with van der Waals surface area (Å²) in [5, 5.41) is 13.0. The minimum atomic E-state index is -0.125. The van der Waals surface area contributed by atoms with Crippen molar-refractivity contribution in [2.45, 2.75) is 60.3 Å². The van der Waals surface area contributed by atoms with Crippen molar-refractivity contribution in [1.82, 2.24) is 4.98 Å². The average molecular weight is 685 g/mol. The maximum Gasteiger partial charge on any atom is 0.155 e. The van der Waals surface area contributed by atoms with E-state index in [1.165, 1.54) is 42.0 Å². The molecule has 0 aliphatic heterocycles. The van der Waals surface area contributed by atoms with Crippen molar-refractivity contribution in [3.63, 3.8) is 0 Å². The van der Waals surface area contributed by atoms with Crippen LogP contribution in [-0.2, 0) is 24.9 Å². The number of aryl methyl sites for hydroxylation is 1. The Bertz CT molecular complexity index is 1640. The first kappa shape index (κ1) is 29.3. The van der Waals surface area contributed by atoms with E-state index in [2.05, 4.69) is 89.2 Å². The summed E-state index contributed by atoms with van der Waals surface area (Å²) in [7, 11) is 0. The third-order valence-electron chi connectivity index (χ3n) is 6.41. The first-order chi connectivity index (χ1) is 17.5. The molecule has 199 valence electrons. The molecule has 1 radical (unpaired) electrons. The summed E-state index contributed by atoms with van der Waals surface area (Å²) < 4.78 is 6.39. The number of benzene rings is 3. The first-order valence-corrected chi connectivity index (χ1v) is 12.7. The van der Waals surface area contributed by atoms with Gasteiger partial charge in [0.1, 0.15) is 5.58 Å². The second kappa shape index (κ2) is 12.1. The van der Waals surface area contributed by atoms with Crippen LogP contribution in [0.5, 0.6) is 0 Å². The number of hydrogen-bond acceptors (Lipinski definition) is 4. The molecule has 0 unspecified atom stereocenters. The summed E-state index contributed by atoms with van der Waals surface area (Å²) in [4.78, 5) is 14.8. The summed E-state index contributed by atoms with van der Waals surface area (Å²) in [5.41, 5.74) is 7.39. The van der Waals surface area contributed by atoms with Gasteiger partial charge in [-0.25, -0.2) is 0 Å². The predicted octanol–water partition coefficient (Wildman–Crippen LogP) is 9.19. The Labute approximate surface area is 238 Å². The zero-order valence-corrected chi connectivity index (χ0v) is 25.4. The predicted molar refractivity (Wildman–Crippen MR) is 153 cm³/mol. The van der Waals surface area contributed by atoms with E-state index in [4.69, 9.17) is 14.5 Å². The fourth-order valence-electron chi connectivity index (χ4n) is 4.47. The van der Waals surface area contributed by atoms with E-state index < -0.39 is 0 Å². The molecular formula is C33H34IrNO3-. The van der Waals surface area contributed by atoms with E-state index in [1.807, 2.05) is 6.20 Å². The molecule has 0 aliphatic carbocycles. The zero-order valence-electron chi connectivity index (χ0n) is 23.0. The number of carbonyl (C=O) groups is 1. The Morgan fingerprint density at radius 1 is 0.947 bits per heavy atom. The van der Waals surface area contributed by atoms with Crippen molar-refractivity contribution in [3.05, 3.63) is 89.3 Å². The van der Waals surface area contributed by atoms with Gasteiger partial charge in [0.15, 0.2) is 5.78 Å². The molecule has 5 aromatic rings. The topological polar surface area (TPSA) is 63.3 Å². The van der Waals surface area contributed by atoms with Gasteiger partial charge in [0.2, 0.25) is 0 Å². The van der Waals surface area contributed by atoms with E-state index in [-0.39, 0.29) is 31.6 Å². The Morgan fingerprint density at radius 3 is 2.26 bits per heavy atom. The molecule has 2 heterocycles.